The minimum absolute atomic E-state index is 0.605. The van der Waals surface area contributed by atoms with Crippen LogP contribution in [-0.4, -0.2) is 47.8 Å². The van der Waals surface area contributed by atoms with Gasteiger partial charge in [0.1, 0.15) is 0 Å². The monoisotopic (exact) mass is 509 g/mol. The fourth-order valence-electron chi connectivity index (χ4n) is 3.93. The average Bonchev–Trinajstić information content (AvgIpc) is 2.79. The van der Waals surface area contributed by atoms with E-state index < -0.39 is 13.9 Å². The molecule has 7 heteroatoms. The van der Waals surface area contributed by atoms with Crippen molar-refractivity contribution in [3.8, 4) is 0 Å². The Hall–Kier alpha value is 0.307. The summed E-state index contributed by atoms with van der Waals surface area (Å²) in [5.41, 5.74) is 0. The molecule has 0 aromatic carbocycles. The molecule has 0 aromatic rings. The molecule has 0 radical (unpaired) electrons. The summed E-state index contributed by atoms with van der Waals surface area (Å²) in [6.45, 7) is 8.60. The number of hydrogen-bond acceptors (Lipinski definition) is 5. The third kappa shape index (κ3) is 22.5. The number of halogens is 1. The average molecular weight is 510 g/mol. The lowest BCUT2D eigenvalue weighted by molar-refractivity contribution is -0.179. The number of hydrogen-bond donors (Lipinski definition) is 1. The van der Waals surface area contributed by atoms with E-state index in [1.807, 2.05) is 13.8 Å². The maximum absolute atomic E-state index is 6.17. The Balaban J connectivity index is 3.30. The van der Waals surface area contributed by atoms with E-state index in [4.69, 9.17) is 29.1 Å². The number of rotatable bonds is 26. The summed E-state index contributed by atoms with van der Waals surface area (Å²) < 4.78 is 21.8. The second-order valence-electron chi connectivity index (χ2n) is 9.65. The molecule has 0 rings (SSSR count). The van der Waals surface area contributed by atoms with Crippen LogP contribution in [0.15, 0.2) is 0 Å². The van der Waals surface area contributed by atoms with Gasteiger partial charge in [0.15, 0.2) is 5.79 Å². The molecule has 0 fully saturated rings. The van der Waals surface area contributed by atoms with E-state index in [1.165, 1.54) is 117 Å². The third-order valence-electron chi connectivity index (χ3n) is 6.01. The minimum atomic E-state index is -3.12. The quantitative estimate of drug-likeness (QED) is 0.0554. The zero-order chi connectivity index (χ0) is 24.7. The van der Waals surface area contributed by atoms with Crippen LogP contribution >= 0.6 is 11.1 Å². The van der Waals surface area contributed by atoms with Crippen LogP contribution in [-0.2, 0) is 18.0 Å². The van der Waals surface area contributed by atoms with Crippen molar-refractivity contribution in [3.05, 3.63) is 0 Å². The molecule has 0 unspecified atom stereocenters. The minimum Gasteiger partial charge on any atom is -0.365 e. The molecule has 200 valence electrons. The molecule has 0 bridgehead atoms. The first-order valence-electron chi connectivity index (χ1n) is 13.7. The molecule has 0 spiro atoms. The lowest BCUT2D eigenvalue weighted by atomic mass is 10.0. The van der Waals surface area contributed by atoms with Crippen LogP contribution in [0.5, 0.6) is 0 Å². The Morgan fingerprint density at radius 1 is 0.636 bits per heavy atom. The Kier molecular flexibility index (Phi) is 23.0. The highest BCUT2D eigenvalue weighted by Gasteiger charge is 2.43. The number of ether oxygens (including phenoxy) is 1. The van der Waals surface area contributed by atoms with Crippen LogP contribution in [0, 0.1) is 0 Å². The fraction of sp³-hybridized carbons (Fsp3) is 1.00. The van der Waals surface area contributed by atoms with Gasteiger partial charge in [-0.2, -0.15) is 0 Å². The highest BCUT2D eigenvalue weighted by Crippen LogP contribution is 2.23. The van der Waals surface area contributed by atoms with Gasteiger partial charge in [0.25, 0.3) is 0 Å². The Labute approximate surface area is 212 Å². The highest BCUT2D eigenvalue weighted by molar-refractivity contribution is 7.09. The second kappa shape index (κ2) is 22.8. The molecule has 0 atom stereocenters. The van der Waals surface area contributed by atoms with E-state index in [9.17, 15) is 0 Å². The molecule has 0 aliphatic heterocycles. The van der Waals surface area contributed by atoms with Gasteiger partial charge in [0.05, 0.1) is 6.61 Å². The molecule has 0 aliphatic rings. The van der Waals surface area contributed by atoms with E-state index >= 15 is 0 Å². The maximum Gasteiger partial charge on any atom is 0.614 e. The Bertz CT molecular complexity index is 412. The summed E-state index contributed by atoms with van der Waals surface area (Å²) in [5.74, 6) is -0.826. The summed E-state index contributed by atoms with van der Waals surface area (Å²) in [6.07, 6.45) is 23.5. The van der Waals surface area contributed by atoms with Crippen molar-refractivity contribution in [2.75, 3.05) is 33.9 Å². The van der Waals surface area contributed by atoms with E-state index in [1.54, 1.807) is 0 Å². The lowest BCUT2D eigenvalue weighted by Crippen LogP contribution is -2.46. The SMILES string of the molecule is CCCCCCCCCCCCCCCCCCNCCCOC(C)(C)O[Si](Cl)(OC)OC. The summed E-state index contributed by atoms with van der Waals surface area (Å²) in [7, 11) is -0.143. The van der Waals surface area contributed by atoms with Gasteiger partial charge in [-0.3, -0.25) is 0 Å². The van der Waals surface area contributed by atoms with Gasteiger partial charge in [0.2, 0.25) is 0 Å². The first-order valence-corrected chi connectivity index (χ1v) is 16.5. The van der Waals surface area contributed by atoms with Gasteiger partial charge in [-0.05, 0) is 39.8 Å². The van der Waals surface area contributed by atoms with Crippen molar-refractivity contribution in [1.29, 1.82) is 0 Å². The second-order valence-corrected chi connectivity index (χ2v) is 13.0. The van der Waals surface area contributed by atoms with Crippen LogP contribution < -0.4 is 5.32 Å². The molecule has 1 N–H and O–H groups in total. The molecule has 0 aromatic heterocycles. The predicted octanol–water partition coefficient (Wildman–Crippen LogP) is 7.96. The fourth-order valence-corrected chi connectivity index (χ4v) is 5.46. The van der Waals surface area contributed by atoms with Crippen LogP contribution in [0.25, 0.3) is 0 Å². The van der Waals surface area contributed by atoms with Gasteiger partial charge in [0, 0.05) is 14.2 Å². The number of nitrogens with one attached hydrogen (secondary N) is 1. The zero-order valence-electron chi connectivity index (χ0n) is 22.7. The van der Waals surface area contributed by atoms with Crippen LogP contribution in [0.4, 0.5) is 0 Å². The highest BCUT2D eigenvalue weighted by atomic mass is 35.6. The van der Waals surface area contributed by atoms with Gasteiger partial charge < -0.3 is 23.3 Å². The summed E-state index contributed by atoms with van der Waals surface area (Å²) in [5, 5.41) is 3.50. The topological polar surface area (TPSA) is 49.0 Å². The summed E-state index contributed by atoms with van der Waals surface area (Å²) in [4.78, 5) is 0. The van der Waals surface area contributed by atoms with Crippen molar-refractivity contribution in [2.45, 2.75) is 136 Å². The van der Waals surface area contributed by atoms with Gasteiger partial charge in [-0.15, -0.1) is 0 Å². The zero-order valence-corrected chi connectivity index (χ0v) is 24.4. The third-order valence-corrected chi connectivity index (χ3v) is 8.88. The molecule has 0 amide bonds. The summed E-state index contributed by atoms with van der Waals surface area (Å²) >= 11 is 6.17. The molecule has 0 heterocycles. The molecule has 0 saturated carbocycles. The standard InChI is InChI=1S/C26H56ClNO4Si/c1-6-7-8-9-10-11-12-13-14-15-16-17-18-19-20-21-23-28-24-22-25-31-26(2,3)32-33(27,29-4)30-5/h28H,6-25H2,1-5H3. The van der Waals surface area contributed by atoms with Crippen molar-refractivity contribution >= 4 is 19.2 Å². The van der Waals surface area contributed by atoms with Crippen molar-refractivity contribution in [1.82, 2.24) is 5.32 Å². The maximum atomic E-state index is 6.17. The normalized spacial score (nSPS) is 12.5. The van der Waals surface area contributed by atoms with Gasteiger partial charge >= 0.3 is 8.11 Å². The van der Waals surface area contributed by atoms with E-state index in [0.717, 1.165) is 19.5 Å². The van der Waals surface area contributed by atoms with E-state index in [0.29, 0.717) is 6.61 Å². The lowest BCUT2D eigenvalue weighted by Gasteiger charge is -2.31. The largest absolute Gasteiger partial charge is 0.614 e. The van der Waals surface area contributed by atoms with Crippen LogP contribution in [0.2, 0.25) is 0 Å². The molecular formula is C26H56ClNO4Si. The van der Waals surface area contributed by atoms with Crippen molar-refractivity contribution < 1.29 is 18.0 Å². The smallest absolute Gasteiger partial charge is 0.365 e. The van der Waals surface area contributed by atoms with Gasteiger partial charge in [-0.1, -0.05) is 114 Å². The first-order chi connectivity index (χ1) is 15.9. The van der Waals surface area contributed by atoms with Crippen molar-refractivity contribution in [2.24, 2.45) is 0 Å². The van der Waals surface area contributed by atoms with Crippen LogP contribution in [0.1, 0.15) is 130 Å². The molecule has 0 saturated heterocycles. The van der Waals surface area contributed by atoms with Crippen LogP contribution in [0.3, 0.4) is 0 Å². The molecule has 0 aliphatic carbocycles. The molecule has 33 heavy (non-hydrogen) atoms. The van der Waals surface area contributed by atoms with Crippen molar-refractivity contribution in [3.63, 3.8) is 0 Å². The Morgan fingerprint density at radius 2 is 1.03 bits per heavy atom. The van der Waals surface area contributed by atoms with Gasteiger partial charge in [-0.25, -0.2) is 0 Å². The summed E-state index contributed by atoms with van der Waals surface area (Å²) in [6, 6.07) is 0. The Morgan fingerprint density at radius 3 is 1.45 bits per heavy atom. The van der Waals surface area contributed by atoms with E-state index in [-0.39, 0.29) is 0 Å². The first kappa shape index (κ1) is 33.3. The number of unbranched alkanes of at least 4 members (excludes halogenated alkanes) is 15. The molecular weight excluding hydrogens is 454 g/mol. The van der Waals surface area contributed by atoms with E-state index in [2.05, 4.69) is 12.2 Å². The molecule has 5 nitrogen and oxygen atoms in total. The predicted molar refractivity (Wildman–Crippen MR) is 144 cm³/mol.